The number of anilines is 4. The Bertz CT molecular complexity index is 913. The van der Waals surface area contributed by atoms with Crippen LogP contribution in [0.2, 0.25) is 0 Å². The lowest BCUT2D eigenvalue weighted by Gasteiger charge is -2.32. The predicted octanol–water partition coefficient (Wildman–Crippen LogP) is 5.38. The van der Waals surface area contributed by atoms with Gasteiger partial charge < -0.3 is 15.5 Å². The summed E-state index contributed by atoms with van der Waals surface area (Å²) in [6, 6.07) is 19.0. The molecule has 1 aliphatic heterocycles. The van der Waals surface area contributed by atoms with Crippen molar-refractivity contribution in [2.24, 2.45) is 5.92 Å². The number of nitrogens with zero attached hydrogens (tertiary/aromatic N) is 3. The van der Waals surface area contributed by atoms with Gasteiger partial charge >= 0.3 is 0 Å². The molecule has 2 N–H and O–H groups in total. The maximum absolute atomic E-state index is 4.58. The van der Waals surface area contributed by atoms with Gasteiger partial charge in [-0.25, -0.2) is 4.98 Å². The fourth-order valence-corrected chi connectivity index (χ4v) is 3.57. The third kappa shape index (κ3) is 5.25. The first-order valence-corrected chi connectivity index (χ1v) is 10.4. The number of piperidine rings is 1. The number of benzene rings is 2. The molecule has 1 fully saturated rings. The first-order valence-electron chi connectivity index (χ1n) is 10.4. The zero-order chi connectivity index (χ0) is 20.1. The fraction of sp³-hybridized carbons (Fsp3) is 0.333. The van der Waals surface area contributed by atoms with E-state index in [1.165, 1.54) is 29.7 Å². The van der Waals surface area contributed by atoms with Gasteiger partial charge in [0.2, 0.25) is 5.95 Å². The lowest BCUT2D eigenvalue weighted by molar-refractivity contribution is 0.438. The van der Waals surface area contributed by atoms with Crippen molar-refractivity contribution in [1.82, 2.24) is 9.97 Å². The van der Waals surface area contributed by atoms with Crippen LogP contribution >= 0.6 is 0 Å². The van der Waals surface area contributed by atoms with E-state index in [4.69, 9.17) is 0 Å². The van der Waals surface area contributed by atoms with E-state index in [0.29, 0.717) is 5.95 Å². The molecule has 29 heavy (non-hydrogen) atoms. The monoisotopic (exact) mass is 387 g/mol. The van der Waals surface area contributed by atoms with Crippen LogP contribution in [-0.4, -0.2) is 23.1 Å². The average Bonchev–Trinajstić information content (AvgIpc) is 2.75. The molecular weight excluding hydrogens is 358 g/mol. The lowest BCUT2D eigenvalue weighted by Crippen LogP contribution is -2.32. The van der Waals surface area contributed by atoms with E-state index < -0.39 is 0 Å². The van der Waals surface area contributed by atoms with Crippen LogP contribution in [0.5, 0.6) is 0 Å². The molecule has 3 aromatic rings. The summed E-state index contributed by atoms with van der Waals surface area (Å²) in [4.78, 5) is 11.4. The second kappa shape index (κ2) is 8.95. The van der Waals surface area contributed by atoms with Crippen molar-refractivity contribution < 1.29 is 0 Å². The van der Waals surface area contributed by atoms with Crippen LogP contribution < -0.4 is 15.5 Å². The van der Waals surface area contributed by atoms with Crippen LogP contribution in [-0.2, 0) is 6.54 Å². The van der Waals surface area contributed by atoms with Gasteiger partial charge in [0.15, 0.2) is 0 Å². The van der Waals surface area contributed by atoms with Crippen LogP contribution in [0.4, 0.5) is 23.1 Å². The molecule has 2 aromatic carbocycles. The van der Waals surface area contributed by atoms with Crippen LogP contribution in [0.1, 0.15) is 30.9 Å². The number of nitrogens with one attached hydrogen (secondary N) is 2. The molecule has 1 aliphatic rings. The van der Waals surface area contributed by atoms with Crippen molar-refractivity contribution in [3.8, 4) is 0 Å². The summed E-state index contributed by atoms with van der Waals surface area (Å²) in [7, 11) is 0. The van der Waals surface area contributed by atoms with Crippen LogP contribution in [0.15, 0.2) is 60.8 Å². The highest BCUT2D eigenvalue weighted by molar-refractivity contribution is 5.60. The zero-order valence-corrected chi connectivity index (χ0v) is 17.2. The van der Waals surface area contributed by atoms with Crippen LogP contribution in [0.3, 0.4) is 0 Å². The molecule has 1 saturated heterocycles. The number of hydrogen-bond acceptors (Lipinski definition) is 5. The van der Waals surface area contributed by atoms with Gasteiger partial charge in [-0.15, -0.1) is 0 Å². The van der Waals surface area contributed by atoms with Gasteiger partial charge in [0.05, 0.1) is 0 Å². The SMILES string of the molecule is Cc1ccc(CNc2ccnc(Nc3ccc(N4CCC(C)CC4)cc3)n2)cc1. The van der Waals surface area contributed by atoms with Crippen molar-refractivity contribution in [2.75, 3.05) is 28.6 Å². The van der Waals surface area contributed by atoms with E-state index in [1.54, 1.807) is 6.20 Å². The molecule has 0 radical (unpaired) electrons. The summed E-state index contributed by atoms with van der Waals surface area (Å²) < 4.78 is 0. The Morgan fingerprint density at radius 1 is 0.966 bits per heavy atom. The van der Waals surface area contributed by atoms with E-state index in [9.17, 15) is 0 Å². The lowest BCUT2D eigenvalue weighted by atomic mass is 9.99. The molecule has 1 aromatic heterocycles. The summed E-state index contributed by atoms with van der Waals surface area (Å²) in [5, 5.41) is 6.67. The summed E-state index contributed by atoms with van der Waals surface area (Å²) in [6.45, 7) is 7.46. The third-order valence-electron chi connectivity index (χ3n) is 5.52. The average molecular weight is 388 g/mol. The molecule has 5 heteroatoms. The Morgan fingerprint density at radius 3 is 2.41 bits per heavy atom. The Labute approximate surface area is 173 Å². The van der Waals surface area contributed by atoms with E-state index >= 15 is 0 Å². The highest BCUT2D eigenvalue weighted by Gasteiger charge is 2.15. The topological polar surface area (TPSA) is 53.1 Å². The molecule has 0 bridgehead atoms. The van der Waals surface area contributed by atoms with Crippen LogP contribution in [0, 0.1) is 12.8 Å². The molecule has 2 heterocycles. The molecule has 4 rings (SSSR count). The minimum Gasteiger partial charge on any atom is -0.372 e. The smallest absolute Gasteiger partial charge is 0.229 e. The normalized spacial score (nSPS) is 14.6. The maximum atomic E-state index is 4.58. The largest absolute Gasteiger partial charge is 0.372 e. The first-order chi connectivity index (χ1) is 14.2. The van der Waals surface area contributed by atoms with Crippen molar-refractivity contribution >= 4 is 23.1 Å². The second-order valence-electron chi connectivity index (χ2n) is 7.95. The summed E-state index contributed by atoms with van der Waals surface area (Å²) in [5.74, 6) is 2.25. The van der Waals surface area contributed by atoms with Gasteiger partial charge in [-0.2, -0.15) is 4.98 Å². The highest BCUT2D eigenvalue weighted by atomic mass is 15.1. The van der Waals surface area contributed by atoms with Gasteiger partial charge in [0, 0.05) is 37.2 Å². The van der Waals surface area contributed by atoms with Gasteiger partial charge in [-0.3, -0.25) is 0 Å². The number of aromatic nitrogens is 2. The fourth-order valence-electron chi connectivity index (χ4n) is 3.57. The van der Waals surface area contributed by atoms with Crippen molar-refractivity contribution in [2.45, 2.75) is 33.2 Å². The minimum absolute atomic E-state index is 0.596. The van der Waals surface area contributed by atoms with Gasteiger partial charge in [0.1, 0.15) is 5.82 Å². The predicted molar refractivity (Wildman–Crippen MR) is 121 cm³/mol. The molecule has 0 amide bonds. The summed E-state index contributed by atoms with van der Waals surface area (Å²) in [6.07, 6.45) is 4.32. The molecule has 5 nitrogen and oxygen atoms in total. The minimum atomic E-state index is 0.596. The molecule has 0 atom stereocenters. The van der Waals surface area contributed by atoms with E-state index in [-0.39, 0.29) is 0 Å². The molecule has 0 aliphatic carbocycles. The Hall–Kier alpha value is -3.08. The standard InChI is InChI=1S/C24H29N5/c1-18-3-5-20(6-4-18)17-26-23-11-14-25-24(28-23)27-21-7-9-22(10-8-21)29-15-12-19(2)13-16-29/h3-11,14,19H,12-13,15-17H2,1-2H3,(H2,25,26,27,28). The van der Waals surface area contributed by atoms with Gasteiger partial charge in [-0.1, -0.05) is 36.8 Å². The van der Waals surface area contributed by atoms with Crippen LogP contribution in [0.25, 0.3) is 0 Å². The highest BCUT2D eigenvalue weighted by Crippen LogP contribution is 2.25. The molecule has 150 valence electrons. The summed E-state index contributed by atoms with van der Waals surface area (Å²) in [5.41, 5.74) is 4.78. The van der Waals surface area contributed by atoms with Crippen molar-refractivity contribution in [3.05, 3.63) is 71.9 Å². The van der Waals surface area contributed by atoms with Crippen molar-refractivity contribution in [3.63, 3.8) is 0 Å². The van der Waals surface area contributed by atoms with E-state index in [1.807, 2.05) is 6.07 Å². The molecule has 0 saturated carbocycles. The third-order valence-corrected chi connectivity index (χ3v) is 5.52. The zero-order valence-electron chi connectivity index (χ0n) is 17.2. The van der Waals surface area contributed by atoms with Gasteiger partial charge in [0.25, 0.3) is 0 Å². The maximum Gasteiger partial charge on any atom is 0.229 e. The quantitative estimate of drug-likeness (QED) is 0.595. The first kappa shape index (κ1) is 19.2. The van der Waals surface area contributed by atoms with Gasteiger partial charge in [-0.05, 0) is 61.6 Å². The Balaban J connectivity index is 1.35. The van der Waals surface area contributed by atoms with E-state index in [0.717, 1.165) is 37.1 Å². The Morgan fingerprint density at radius 2 is 1.69 bits per heavy atom. The number of aryl methyl sites for hydroxylation is 1. The molecular formula is C24H29N5. The Kier molecular flexibility index (Phi) is 5.94. The van der Waals surface area contributed by atoms with E-state index in [2.05, 4.69) is 87.9 Å². The van der Waals surface area contributed by atoms with Crippen molar-refractivity contribution in [1.29, 1.82) is 0 Å². The molecule has 0 spiro atoms. The second-order valence-corrected chi connectivity index (χ2v) is 7.95. The summed E-state index contributed by atoms with van der Waals surface area (Å²) >= 11 is 0. The molecule has 0 unspecified atom stereocenters. The number of rotatable bonds is 6. The number of hydrogen-bond donors (Lipinski definition) is 2.